The minimum Gasteiger partial charge on any atom is -0.467 e. The molecule has 1 amide bonds. The van der Waals surface area contributed by atoms with Crippen molar-refractivity contribution in [3.8, 4) is 0 Å². The summed E-state index contributed by atoms with van der Waals surface area (Å²) >= 11 is 0. The molecule has 7 nitrogen and oxygen atoms in total. The molecule has 130 valence electrons. The molecule has 0 aliphatic heterocycles. The number of carbonyl (C=O) groups is 1. The van der Waals surface area contributed by atoms with Crippen LogP contribution in [-0.2, 0) is 7.05 Å². The monoisotopic (exact) mass is 340 g/mol. The van der Waals surface area contributed by atoms with Crippen LogP contribution in [0.25, 0.3) is 0 Å². The number of rotatable bonds is 5. The van der Waals surface area contributed by atoms with Crippen LogP contribution in [0.1, 0.15) is 33.5 Å². The van der Waals surface area contributed by atoms with E-state index in [1.165, 1.54) is 10.6 Å². The van der Waals surface area contributed by atoms with E-state index in [0.29, 0.717) is 5.76 Å². The zero-order valence-corrected chi connectivity index (χ0v) is 14.4. The lowest BCUT2D eigenvalue weighted by atomic mass is 10.2. The summed E-state index contributed by atoms with van der Waals surface area (Å²) in [7, 11) is 1.61. The zero-order chi connectivity index (χ0) is 18.0. The molecule has 0 bridgehead atoms. The van der Waals surface area contributed by atoms with Gasteiger partial charge in [-0.3, -0.25) is 14.3 Å². The summed E-state index contributed by atoms with van der Waals surface area (Å²) in [4.78, 5) is 24.5. The van der Waals surface area contributed by atoms with E-state index >= 15 is 0 Å². The summed E-state index contributed by atoms with van der Waals surface area (Å²) < 4.78 is 8.71. The quantitative estimate of drug-likeness (QED) is 0.768. The maximum atomic E-state index is 12.4. The summed E-state index contributed by atoms with van der Waals surface area (Å²) in [5, 5.41) is 7.31. The van der Waals surface area contributed by atoms with Gasteiger partial charge in [0, 0.05) is 25.5 Å². The fourth-order valence-electron chi connectivity index (χ4n) is 2.80. The van der Waals surface area contributed by atoms with E-state index in [0.717, 1.165) is 11.4 Å². The normalized spacial score (nSPS) is 12.1. The van der Waals surface area contributed by atoms with E-state index in [4.69, 9.17) is 4.42 Å². The Hall–Kier alpha value is -3.09. The minimum atomic E-state index is -0.417. The van der Waals surface area contributed by atoms with Gasteiger partial charge in [0.15, 0.2) is 0 Å². The van der Waals surface area contributed by atoms with Crippen molar-refractivity contribution < 1.29 is 9.21 Å². The van der Waals surface area contributed by atoms with Crippen LogP contribution in [0.3, 0.4) is 0 Å². The van der Waals surface area contributed by atoms with Crippen molar-refractivity contribution in [2.75, 3.05) is 6.54 Å². The molecule has 3 aromatic heterocycles. The Kier molecular flexibility index (Phi) is 4.56. The predicted molar refractivity (Wildman–Crippen MR) is 92.6 cm³/mol. The first kappa shape index (κ1) is 16.8. The number of hydrogen-bond donors (Lipinski definition) is 1. The molecule has 0 aromatic carbocycles. The number of nitrogens with one attached hydrogen (secondary N) is 1. The average Bonchev–Trinajstić information content (AvgIpc) is 3.20. The van der Waals surface area contributed by atoms with Gasteiger partial charge in [-0.1, -0.05) is 0 Å². The van der Waals surface area contributed by atoms with Crippen molar-refractivity contribution in [1.82, 2.24) is 19.7 Å². The van der Waals surface area contributed by atoms with E-state index in [2.05, 4.69) is 10.4 Å². The molecule has 7 heteroatoms. The Morgan fingerprint density at radius 2 is 2.12 bits per heavy atom. The Labute approximate surface area is 144 Å². The van der Waals surface area contributed by atoms with Crippen molar-refractivity contribution in [2.24, 2.45) is 7.05 Å². The first-order valence-corrected chi connectivity index (χ1v) is 7.97. The van der Waals surface area contributed by atoms with E-state index in [9.17, 15) is 9.59 Å². The lowest BCUT2D eigenvalue weighted by molar-refractivity contribution is 0.0946. The van der Waals surface area contributed by atoms with Crippen molar-refractivity contribution in [3.05, 3.63) is 75.9 Å². The van der Waals surface area contributed by atoms with E-state index in [1.807, 2.05) is 30.7 Å². The minimum absolute atomic E-state index is 0.108. The Morgan fingerprint density at radius 1 is 1.32 bits per heavy atom. The molecular formula is C18H20N4O3. The predicted octanol–water partition coefficient (Wildman–Crippen LogP) is 1.81. The van der Waals surface area contributed by atoms with Crippen LogP contribution >= 0.6 is 0 Å². The first-order chi connectivity index (χ1) is 12.0. The number of hydrogen-bond acceptors (Lipinski definition) is 4. The van der Waals surface area contributed by atoms with Crippen LogP contribution in [0, 0.1) is 13.8 Å². The summed E-state index contributed by atoms with van der Waals surface area (Å²) in [5.74, 6) is 0.270. The zero-order valence-electron chi connectivity index (χ0n) is 14.4. The lowest BCUT2D eigenvalue weighted by Gasteiger charge is -2.18. The average molecular weight is 340 g/mol. The van der Waals surface area contributed by atoms with Crippen LogP contribution in [0.4, 0.5) is 0 Å². The molecule has 0 spiro atoms. The van der Waals surface area contributed by atoms with Gasteiger partial charge in [-0.15, -0.1) is 0 Å². The fraction of sp³-hybridized carbons (Fsp3) is 0.278. The van der Waals surface area contributed by atoms with E-state index in [-0.39, 0.29) is 23.7 Å². The fourth-order valence-corrected chi connectivity index (χ4v) is 2.80. The van der Waals surface area contributed by atoms with Crippen molar-refractivity contribution in [1.29, 1.82) is 0 Å². The molecule has 0 aliphatic carbocycles. The number of carbonyl (C=O) groups excluding carboxylic acids is 1. The van der Waals surface area contributed by atoms with Crippen molar-refractivity contribution >= 4 is 5.91 Å². The molecule has 3 rings (SSSR count). The van der Waals surface area contributed by atoms with Gasteiger partial charge in [0.1, 0.15) is 17.4 Å². The second kappa shape index (κ2) is 6.80. The maximum absolute atomic E-state index is 12.4. The molecule has 0 aliphatic rings. The van der Waals surface area contributed by atoms with E-state index in [1.54, 1.807) is 31.6 Å². The number of amides is 1. The SMILES string of the molecule is Cc1cc(C)n([C@@H](CNC(=O)c2cccn(C)c2=O)c2ccco2)n1. The van der Waals surface area contributed by atoms with Crippen LogP contribution in [-0.4, -0.2) is 26.8 Å². The largest absolute Gasteiger partial charge is 0.467 e. The molecule has 3 aromatic rings. The van der Waals surface area contributed by atoms with Crippen LogP contribution in [0.5, 0.6) is 0 Å². The van der Waals surface area contributed by atoms with Gasteiger partial charge in [0.25, 0.3) is 11.5 Å². The van der Waals surface area contributed by atoms with Crippen LogP contribution in [0.15, 0.2) is 52.0 Å². The smallest absolute Gasteiger partial charge is 0.263 e. The summed E-state index contributed by atoms with van der Waals surface area (Å²) in [6, 6.07) is 8.49. The Balaban J connectivity index is 1.84. The number of pyridine rings is 1. The molecule has 1 atom stereocenters. The van der Waals surface area contributed by atoms with Crippen LogP contribution < -0.4 is 10.9 Å². The van der Waals surface area contributed by atoms with Gasteiger partial charge in [-0.05, 0) is 44.2 Å². The van der Waals surface area contributed by atoms with Gasteiger partial charge in [0.05, 0.1) is 12.0 Å². The van der Waals surface area contributed by atoms with E-state index < -0.39 is 5.91 Å². The molecule has 3 heterocycles. The number of nitrogens with zero attached hydrogens (tertiary/aromatic N) is 3. The second-order valence-electron chi connectivity index (χ2n) is 5.95. The molecule has 1 N–H and O–H groups in total. The molecule has 0 saturated heterocycles. The second-order valence-corrected chi connectivity index (χ2v) is 5.95. The van der Waals surface area contributed by atoms with Gasteiger partial charge < -0.3 is 14.3 Å². The third kappa shape index (κ3) is 3.40. The van der Waals surface area contributed by atoms with Gasteiger partial charge in [-0.25, -0.2) is 0 Å². The van der Waals surface area contributed by atoms with Gasteiger partial charge >= 0.3 is 0 Å². The van der Waals surface area contributed by atoms with Crippen molar-refractivity contribution in [2.45, 2.75) is 19.9 Å². The molecule has 0 radical (unpaired) electrons. The van der Waals surface area contributed by atoms with Gasteiger partial charge in [-0.2, -0.15) is 5.10 Å². The Morgan fingerprint density at radius 3 is 2.76 bits per heavy atom. The highest BCUT2D eigenvalue weighted by atomic mass is 16.3. The highest BCUT2D eigenvalue weighted by Gasteiger charge is 2.21. The third-order valence-corrected chi connectivity index (χ3v) is 4.04. The molecule has 0 unspecified atom stereocenters. The molecule has 0 fully saturated rings. The Bertz CT molecular complexity index is 938. The molecule has 25 heavy (non-hydrogen) atoms. The highest BCUT2D eigenvalue weighted by molar-refractivity contribution is 5.93. The number of aromatic nitrogens is 3. The maximum Gasteiger partial charge on any atom is 0.263 e. The topological polar surface area (TPSA) is 82.1 Å². The number of furan rings is 1. The van der Waals surface area contributed by atoms with Gasteiger partial charge in [0.2, 0.25) is 0 Å². The van der Waals surface area contributed by atoms with Crippen molar-refractivity contribution in [3.63, 3.8) is 0 Å². The molecular weight excluding hydrogens is 320 g/mol. The third-order valence-electron chi connectivity index (χ3n) is 4.04. The number of aryl methyl sites for hydroxylation is 3. The highest BCUT2D eigenvalue weighted by Crippen LogP contribution is 2.20. The standard InChI is InChI=1S/C18H20N4O3/c1-12-10-13(2)22(20-12)15(16-7-5-9-25-16)11-19-17(23)14-6-4-8-21(3)18(14)24/h4-10,15H,11H2,1-3H3,(H,19,23)/t15-/m0/s1. The summed E-state index contributed by atoms with van der Waals surface area (Å²) in [6.07, 6.45) is 3.20. The first-order valence-electron chi connectivity index (χ1n) is 7.97. The summed E-state index contributed by atoms with van der Waals surface area (Å²) in [6.45, 7) is 4.12. The lowest BCUT2D eigenvalue weighted by Crippen LogP contribution is -2.36. The molecule has 0 saturated carbocycles. The van der Waals surface area contributed by atoms with Crippen LogP contribution in [0.2, 0.25) is 0 Å². The summed E-state index contributed by atoms with van der Waals surface area (Å²) in [5.41, 5.74) is 1.62.